The van der Waals surface area contributed by atoms with Crippen molar-refractivity contribution in [1.82, 2.24) is 10.1 Å². The van der Waals surface area contributed by atoms with Crippen LogP contribution in [0.3, 0.4) is 0 Å². The summed E-state index contributed by atoms with van der Waals surface area (Å²) in [6.07, 6.45) is 1.98. The summed E-state index contributed by atoms with van der Waals surface area (Å²) in [5.74, 6) is 1.89. The van der Waals surface area contributed by atoms with Crippen molar-refractivity contribution in [2.45, 2.75) is 31.7 Å². The van der Waals surface area contributed by atoms with Crippen LogP contribution in [-0.2, 0) is 0 Å². The van der Waals surface area contributed by atoms with Gasteiger partial charge in [-0.2, -0.15) is 4.98 Å². The first-order chi connectivity index (χ1) is 5.25. The van der Waals surface area contributed by atoms with E-state index in [0.717, 1.165) is 18.7 Å². The standard InChI is InChI=1S/C7H11N3O/c1-4-9-7(11-10-4)5-2-6(8)3-5/h5-6H,2-3,8H2,1H3. The third kappa shape index (κ3) is 1.14. The third-order valence-corrected chi connectivity index (χ3v) is 2.07. The van der Waals surface area contributed by atoms with Gasteiger partial charge in [-0.05, 0) is 19.8 Å². The van der Waals surface area contributed by atoms with Crippen molar-refractivity contribution >= 4 is 0 Å². The molecular formula is C7H11N3O. The van der Waals surface area contributed by atoms with Crippen LogP contribution >= 0.6 is 0 Å². The lowest BCUT2D eigenvalue weighted by Gasteiger charge is -2.28. The van der Waals surface area contributed by atoms with Gasteiger partial charge < -0.3 is 10.3 Å². The molecule has 2 rings (SSSR count). The molecule has 1 heterocycles. The summed E-state index contributed by atoms with van der Waals surface area (Å²) in [6, 6.07) is 0.340. The van der Waals surface area contributed by atoms with E-state index in [4.69, 9.17) is 10.3 Å². The lowest BCUT2D eigenvalue weighted by molar-refractivity contribution is 0.264. The van der Waals surface area contributed by atoms with Crippen LogP contribution in [0.4, 0.5) is 0 Å². The Bertz CT molecular complexity index is 252. The van der Waals surface area contributed by atoms with Gasteiger partial charge >= 0.3 is 0 Å². The number of hydrogen-bond donors (Lipinski definition) is 1. The number of hydrogen-bond acceptors (Lipinski definition) is 4. The highest BCUT2D eigenvalue weighted by molar-refractivity contribution is 5.01. The van der Waals surface area contributed by atoms with Gasteiger partial charge in [0.15, 0.2) is 5.82 Å². The molecule has 0 saturated heterocycles. The molecule has 2 N–H and O–H groups in total. The Morgan fingerprint density at radius 1 is 1.55 bits per heavy atom. The molecule has 1 fully saturated rings. The monoisotopic (exact) mass is 153 g/mol. The molecule has 0 amide bonds. The fourth-order valence-electron chi connectivity index (χ4n) is 1.34. The van der Waals surface area contributed by atoms with Crippen LogP contribution in [0, 0.1) is 6.92 Å². The number of nitrogens with zero attached hydrogens (tertiary/aromatic N) is 2. The first kappa shape index (κ1) is 6.79. The predicted molar refractivity (Wildman–Crippen MR) is 39.0 cm³/mol. The SMILES string of the molecule is Cc1noc(C2CC(N)C2)n1. The number of nitrogens with two attached hydrogens (primary N) is 1. The zero-order valence-electron chi connectivity index (χ0n) is 6.45. The minimum absolute atomic E-state index is 0.340. The number of aryl methyl sites for hydroxylation is 1. The quantitative estimate of drug-likeness (QED) is 0.641. The summed E-state index contributed by atoms with van der Waals surface area (Å²) >= 11 is 0. The van der Waals surface area contributed by atoms with Gasteiger partial charge in [-0.15, -0.1) is 0 Å². The second kappa shape index (κ2) is 2.30. The molecular weight excluding hydrogens is 142 g/mol. The Balaban J connectivity index is 2.07. The Hall–Kier alpha value is -0.900. The average molecular weight is 153 g/mol. The van der Waals surface area contributed by atoms with E-state index in [9.17, 15) is 0 Å². The van der Waals surface area contributed by atoms with E-state index < -0.39 is 0 Å². The predicted octanol–water partition coefficient (Wildman–Crippen LogP) is 0.583. The smallest absolute Gasteiger partial charge is 0.229 e. The Labute approximate surface area is 64.8 Å². The second-order valence-electron chi connectivity index (χ2n) is 3.11. The van der Waals surface area contributed by atoms with E-state index in [1.807, 2.05) is 6.92 Å². The van der Waals surface area contributed by atoms with E-state index >= 15 is 0 Å². The molecule has 0 aliphatic heterocycles. The molecule has 1 aliphatic carbocycles. The van der Waals surface area contributed by atoms with E-state index in [-0.39, 0.29) is 0 Å². The fourth-order valence-corrected chi connectivity index (χ4v) is 1.34. The van der Waals surface area contributed by atoms with Crippen LogP contribution in [0.5, 0.6) is 0 Å². The summed E-state index contributed by atoms with van der Waals surface area (Å²) in [5, 5.41) is 3.72. The third-order valence-electron chi connectivity index (χ3n) is 2.07. The topological polar surface area (TPSA) is 64.9 Å². The maximum absolute atomic E-state index is 5.62. The largest absolute Gasteiger partial charge is 0.339 e. The van der Waals surface area contributed by atoms with Gasteiger partial charge in [0.2, 0.25) is 5.89 Å². The molecule has 60 valence electrons. The highest BCUT2D eigenvalue weighted by atomic mass is 16.5. The van der Waals surface area contributed by atoms with Gasteiger partial charge in [0.1, 0.15) is 0 Å². The van der Waals surface area contributed by atoms with Gasteiger partial charge in [0, 0.05) is 12.0 Å². The van der Waals surface area contributed by atoms with Crippen molar-refractivity contribution in [3.05, 3.63) is 11.7 Å². The molecule has 0 unspecified atom stereocenters. The van der Waals surface area contributed by atoms with Crippen LogP contribution in [0.2, 0.25) is 0 Å². The van der Waals surface area contributed by atoms with Gasteiger partial charge in [0.05, 0.1) is 0 Å². The van der Waals surface area contributed by atoms with Crippen molar-refractivity contribution < 1.29 is 4.52 Å². The molecule has 0 spiro atoms. The molecule has 0 bridgehead atoms. The minimum atomic E-state index is 0.340. The van der Waals surface area contributed by atoms with E-state index in [0.29, 0.717) is 17.8 Å². The van der Waals surface area contributed by atoms with Crippen molar-refractivity contribution in [3.63, 3.8) is 0 Å². The maximum atomic E-state index is 5.62. The van der Waals surface area contributed by atoms with Crippen LogP contribution in [-0.4, -0.2) is 16.2 Å². The van der Waals surface area contributed by atoms with Gasteiger partial charge in [-0.25, -0.2) is 0 Å². The lowest BCUT2D eigenvalue weighted by atomic mass is 9.81. The van der Waals surface area contributed by atoms with Crippen LogP contribution < -0.4 is 5.73 Å². The highest BCUT2D eigenvalue weighted by Crippen LogP contribution is 2.34. The Morgan fingerprint density at radius 3 is 2.73 bits per heavy atom. The van der Waals surface area contributed by atoms with Gasteiger partial charge in [0.25, 0.3) is 0 Å². The van der Waals surface area contributed by atoms with E-state index in [1.54, 1.807) is 0 Å². The molecule has 11 heavy (non-hydrogen) atoms. The summed E-state index contributed by atoms with van der Waals surface area (Å²) in [6.45, 7) is 1.82. The molecule has 0 radical (unpaired) electrons. The van der Waals surface area contributed by atoms with Crippen molar-refractivity contribution in [2.24, 2.45) is 5.73 Å². The molecule has 4 nitrogen and oxygen atoms in total. The summed E-state index contributed by atoms with van der Waals surface area (Å²) in [5.41, 5.74) is 5.62. The Kier molecular flexibility index (Phi) is 1.42. The maximum Gasteiger partial charge on any atom is 0.229 e. The average Bonchev–Trinajstić information content (AvgIpc) is 2.29. The minimum Gasteiger partial charge on any atom is -0.339 e. The fraction of sp³-hybridized carbons (Fsp3) is 0.714. The van der Waals surface area contributed by atoms with E-state index in [1.165, 1.54) is 0 Å². The first-order valence-corrected chi connectivity index (χ1v) is 3.81. The summed E-state index contributed by atoms with van der Waals surface area (Å²) in [7, 11) is 0. The van der Waals surface area contributed by atoms with Crippen molar-refractivity contribution in [3.8, 4) is 0 Å². The van der Waals surface area contributed by atoms with Crippen molar-refractivity contribution in [1.29, 1.82) is 0 Å². The normalized spacial score (nSPS) is 30.0. The van der Waals surface area contributed by atoms with Gasteiger partial charge in [-0.1, -0.05) is 5.16 Å². The van der Waals surface area contributed by atoms with Crippen LogP contribution in [0.15, 0.2) is 4.52 Å². The Morgan fingerprint density at radius 2 is 2.27 bits per heavy atom. The first-order valence-electron chi connectivity index (χ1n) is 3.81. The molecule has 0 atom stereocenters. The molecule has 1 aromatic heterocycles. The lowest BCUT2D eigenvalue weighted by Crippen LogP contribution is -2.34. The highest BCUT2D eigenvalue weighted by Gasteiger charge is 2.31. The molecule has 4 heteroatoms. The zero-order valence-corrected chi connectivity index (χ0v) is 6.45. The number of aromatic nitrogens is 2. The molecule has 0 aromatic carbocycles. The zero-order chi connectivity index (χ0) is 7.84. The second-order valence-corrected chi connectivity index (χ2v) is 3.11. The molecule has 1 aliphatic rings. The molecule has 1 aromatic rings. The number of rotatable bonds is 1. The van der Waals surface area contributed by atoms with E-state index in [2.05, 4.69) is 10.1 Å². The van der Waals surface area contributed by atoms with Crippen LogP contribution in [0.25, 0.3) is 0 Å². The summed E-state index contributed by atoms with van der Waals surface area (Å²) in [4.78, 5) is 4.13. The van der Waals surface area contributed by atoms with Crippen LogP contribution in [0.1, 0.15) is 30.5 Å². The van der Waals surface area contributed by atoms with Crippen molar-refractivity contribution in [2.75, 3.05) is 0 Å². The summed E-state index contributed by atoms with van der Waals surface area (Å²) < 4.78 is 5.00. The van der Waals surface area contributed by atoms with Gasteiger partial charge in [-0.3, -0.25) is 0 Å². The molecule has 1 saturated carbocycles.